The third-order valence-electron chi connectivity index (χ3n) is 5.11. The number of nitrogens with one attached hydrogen (secondary N) is 1. The smallest absolute Gasteiger partial charge is 0.404 e. The van der Waals surface area contributed by atoms with Gasteiger partial charge in [-0.25, -0.2) is 4.79 Å². The molecule has 5 N–H and O–H groups in total. The zero-order chi connectivity index (χ0) is 16.7. The number of primary amides is 1. The highest BCUT2D eigenvalue weighted by molar-refractivity contribution is 6.50. The fourth-order valence-corrected chi connectivity index (χ4v) is 3.93. The Bertz CT molecular complexity index is 741. The van der Waals surface area contributed by atoms with Gasteiger partial charge in [-0.05, 0) is 6.92 Å². The third kappa shape index (κ3) is 1.55. The molecule has 1 aliphatic carbocycles. The van der Waals surface area contributed by atoms with Gasteiger partial charge in [-0.3, -0.25) is 9.59 Å². The molecule has 9 nitrogen and oxygen atoms in total. The van der Waals surface area contributed by atoms with Crippen LogP contribution < -0.4 is 11.1 Å². The first-order valence-electron chi connectivity index (χ1n) is 7.20. The van der Waals surface area contributed by atoms with Crippen molar-refractivity contribution in [2.24, 2.45) is 11.7 Å². The number of hydrogen-bond donors (Lipinski definition) is 4. The first kappa shape index (κ1) is 14.2. The summed E-state index contributed by atoms with van der Waals surface area (Å²) in [5.41, 5.74) is 3.51. The van der Waals surface area contributed by atoms with Gasteiger partial charge in [0.25, 0.3) is 0 Å². The number of allylic oxidation sites excluding steroid dienone is 1. The van der Waals surface area contributed by atoms with Gasteiger partial charge in [0, 0.05) is 23.7 Å². The average molecular weight is 321 g/mol. The number of nitrogens with zero attached hydrogens (tertiary/aromatic N) is 1. The van der Waals surface area contributed by atoms with E-state index in [0.717, 1.165) is 0 Å². The molecule has 3 aliphatic heterocycles. The highest BCUT2D eigenvalue weighted by Gasteiger charge is 2.71. The number of rotatable bonds is 2. The number of nitrogens with two attached hydrogens (primary N) is 1. The van der Waals surface area contributed by atoms with Crippen molar-refractivity contribution in [3.8, 4) is 0 Å². The number of ether oxygens (including phenoxy) is 1. The Kier molecular flexibility index (Phi) is 2.55. The van der Waals surface area contributed by atoms with Crippen LogP contribution in [0.25, 0.3) is 0 Å². The molecule has 9 heteroatoms. The van der Waals surface area contributed by atoms with Crippen molar-refractivity contribution in [1.82, 2.24) is 10.2 Å². The minimum atomic E-state index is -1.54. The highest BCUT2D eigenvalue weighted by Crippen LogP contribution is 2.54. The van der Waals surface area contributed by atoms with Gasteiger partial charge in [-0.1, -0.05) is 0 Å². The summed E-state index contributed by atoms with van der Waals surface area (Å²) < 4.78 is 4.79. The van der Waals surface area contributed by atoms with E-state index in [9.17, 15) is 24.6 Å². The van der Waals surface area contributed by atoms with Crippen molar-refractivity contribution in [3.63, 3.8) is 0 Å². The lowest BCUT2D eigenvalue weighted by Crippen LogP contribution is -2.53. The predicted molar refractivity (Wildman–Crippen MR) is 73.8 cm³/mol. The zero-order valence-electron chi connectivity index (χ0n) is 12.2. The van der Waals surface area contributed by atoms with Crippen LogP contribution in [0.2, 0.25) is 0 Å². The number of carbonyl (C=O) groups excluding carboxylic acids is 3. The Labute approximate surface area is 130 Å². The number of ketones is 2. The summed E-state index contributed by atoms with van der Waals surface area (Å²) in [7, 11) is 0. The van der Waals surface area contributed by atoms with Gasteiger partial charge < -0.3 is 30.9 Å². The topological polar surface area (TPSA) is 152 Å². The summed E-state index contributed by atoms with van der Waals surface area (Å²) >= 11 is 0. The molecule has 0 aromatic heterocycles. The molecule has 0 aromatic carbocycles. The molecular formula is C14H15N3O6. The summed E-state index contributed by atoms with van der Waals surface area (Å²) in [6, 6.07) is -0.309. The molecule has 23 heavy (non-hydrogen) atoms. The number of amides is 1. The van der Waals surface area contributed by atoms with Crippen molar-refractivity contribution in [3.05, 3.63) is 22.6 Å². The van der Waals surface area contributed by atoms with Crippen LogP contribution in [0.4, 0.5) is 4.79 Å². The Morgan fingerprint density at radius 3 is 2.83 bits per heavy atom. The number of Topliss-reactive ketones (excluding diaryl/α,β-unsaturated/α-hetero) is 2. The van der Waals surface area contributed by atoms with E-state index >= 15 is 0 Å². The van der Waals surface area contributed by atoms with Gasteiger partial charge in [0.2, 0.25) is 11.6 Å². The van der Waals surface area contributed by atoms with E-state index in [0.29, 0.717) is 6.54 Å². The molecular weight excluding hydrogens is 306 g/mol. The predicted octanol–water partition coefficient (Wildman–Crippen LogP) is -1.71. The second kappa shape index (κ2) is 4.12. The molecule has 0 radical (unpaired) electrons. The van der Waals surface area contributed by atoms with Crippen LogP contribution in [0.3, 0.4) is 0 Å². The standard InChI is InChI=1S/C14H15N3O6/c1-4-9(18)8-7(11(20)10(4)19)5(3-23-13(15)21)14(22)12-6(16-12)2-17(8)14/h5-6,12,16,18,22H,2-3H2,1H3,(H2,15,21)/t5-,6-,12-,14+/m0/s1. The summed E-state index contributed by atoms with van der Waals surface area (Å²) in [6.07, 6.45) is -1.04. The second-order valence-electron chi connectivity index (χ2n) is 6.22. The summed E-state index contributed by atoms with van der Waals surface area (Å²) in [5, 5.41) is 24.6. The van der Waals surface area contributed by atoms with Crippen LogP contribution in [0, 0.1) is 5.92 Å². The molecule has 4 rings (SSSR count). The summed E-state index contributed by atoms with van der Waals surface area (Å²) in [5.74, 6) is -2.89. The van der Waals surface area contributed by atoms with Gasteiger partial charge in [-0.2, -0.15) is 0 Å². The Morgan fingerprint density at radius 2 is 2.17 bits per heavy atom. The monoisotopic (exact) mass is 321 g/mol. The maximum atomic E-state index is 12.4. The lowest BCUT2D eigenvalue weighted by Gasteiger charge is -2.36. The van der Waals surface area contributed by atoms with E-state index in [2.05, 4.69) is 5.32 Å². The lowest BCUT2D eigenvalue weighted by molar-refractivity contribution is -0.133. The fourth-order valence-electron chi connectivity index (χ4n) is 3.93. The first-order valence-corrected chi connectivity index (χ1v) is 7.20. The van der Waals surface area contributed by atoms with E-state index in [-0.39, 0.29) is 41.3 Å². The van der Waals surface area contributed by atoms with E-state index in [1.807, 2.05) is 0 Å². The lowest BCUT2D eigenvalue weighted by atomic mass is 9.83. The number of aliphatic hydroxyl groups is 2. The Balaban J connectivity index is 1.85. The SMILES string of the molecule is CC1=C(O)C2=C(C(=O)C1=O)[C@H](COC(N)=O)[C@@]1(O)[C@H]3N[C@H]3CN21. The zero-order valence-corrected chi connectivity index (χ0v) is 12.2. The van der Waals surface area contributed by atoms with Gasteiger partial charge in [0.1, 0.15) is 12.4 Å². The van der Waals surface area contributed by atoms with Gasteiger partial charge >= 0.3 is 6.09 Å². The molecule has 0 aromatic rings. The first-order chi connectivity index (χ1) is 10.8. The van der Waals surface area contributed by atoms with Gasteiger partial charge in [-0.15, -0.1) is 0 Å². The van der Waals surface area contributed by atoms with Crippen LogP contribution in [0.1, 0.15) is 6.92 Å². The van der Waals surface area contributed by atoms with E-state index in [4.69, 9.17) is 10.5 Å². The highest BCUT2D eigenvalue weighted by atomic mass is 16.5. The maximum absolute atomic E-state index is 12.4. The number of piperazine rings is 1. The van der Waals surface area contributed by atoms with Crippen molar-refractivity contribution in [2.45, 2.75) is 24.7 Å². The Hall–Kier alpha value is -2.39. The van der Waals surface area contributed by atoms with Crippen LogP contribution in [0.15, 0.2) is 22.6 Å². The van der Waals surface area contributed by atoms with Crippen LogP contribution in [-0.2, 0) is 14.3 Å². The fraction of sp³-hybridized carbons (Fsp3) is 0.500. The van der Waals surface area contributed by atoms with E-state index in [1.165, 1.54) is 11.8 Å². The van der Waals surface area contributed by atoms with Gasteiger partial charge in [0.05, 0.1) is 17.7 Å². The number of aliphatic hydroxyl groups excluding tert-OH is 1. The van der Waals surface area contributed by atoms with Crippen molar-refractivity contribution < 1.29 is 29.3 Å². The molecule has 4 aliphatic rings. The van der Waals surface area contributed by atoms with E-state index in [1.54, 1.807) is 0 Å². The van der Waals surface area contributed by atoms with Crippen molar-refractivity contribution >= 4 is 17.7 Å². The maximum Gasteiger partial charge on any atom is 0.404 e. The average Bonchev–Trinajstić information content (AvgIpc) is 3.15. The van der Waals surface area contributed by atoms with Crippen LogP contribution in [0.5, 0.6) is 0 Å². The second-order valence-corrected chi connectivity index (χ2v) is 6.22. The quantitative estimate of drug-likeness (QED) is 0.267. The summed E-state index contributed by atoms with van der Waals surface area (Å²) in [6.45, 7) is 1.39. The molecule has 0 bridgehead atoms. The molecule has 122 valence electrons. The molecule has 4 atom stereocenters. The molecule has 3 heterocycles. The summed E-state index contributed by atoms with van der Waals surface area (Å²) in [4.78, 5) is 36.9. The van der Waals surface area contributed by atoms with E-state index < -0.39 is 29.3 Å². The van der Waals surface area contributed by atoms with Gasteiger partial charge in [0.15, 0.2) is 5.72 Å². The molecule has 2 saturated heterocycles. The van der Waals surface area contributed by atoms with Crippen LogP contribution >= 0.6 is 0 Å². The molecule has 1 amide bonds. The normalized spacial score (nSPS) is 37.8. The van der Waals surface area contributed by atoms with Crippen LogP contribution in [-0.4, -0.2) is 63.7 Å². The number of fused-ring (bicyclic) bond motifs is 4. The van der Waals surface area contributed by atoms with Crippen molar-refractivity contribution in [1.29, 1.82) is 0 Å². The van der Waals surface area contributed by atoms with Crippen molar-refractivity contribution in [2.75, 3.05) is 13.2 Å². The molecule has 0 saturated carbocycles. The Morgan fingerprint density at radius 1 is 1.48 bits per heavy atom. The largest absolute Gasteiger partial charge is 0.505 e. The molecule has 0 spiro atoms. The number of hydrogen-bond acceptors (Lipinski definition) is 8. The third-order valence-corrected chi connectivity index (χ3v) is 5.11. The molecule has 2 fully saturated rings. The number of carbonyl (C=O) groups is 3. The minimum absolute atomic E-state index is 0.0194. The minimum Gasteiger partial charge on any atom is -0.505 e. The molecule has 0 unspecified atom stereocenters.